The minimum atomic E-state index is -0.0237. The molecule has 2 rings (SSSR count). The van der Waals surface area contributed by atoms with Crippen LogP contribution in [0.25, 0.3) is 5.70 Å². The first kappa shape index (κ1) is 18.2. The molecule has 0 unspecified atom stereocenters. The standard InChI is InChI=1S/C15H14ClN2O2.Y/c1-2-18-14(4-3-5-15(18)19)12-7-6-11(10-13(12)16)20-9-8-17;/h6-7,10H,2-3,5,9H2,1H3;/q-1;. The van der Waals surface area contributed by atoms with Gasteiger partial charge in [0.25, 0.3) is 0 Å². The van der Waals surface area contributed by atoms with Gasteiger partial charge in [-0.3, -0.25) is 4.79 Å². The molecule has 1 radical (unpaired) electrons. The summed E-state index contributed by atoms with van der Waals surface area (Å²) in [5.74, 6) is 0.619. The number of nitrogens with zero attached hydrogens (tertiary/aromatic N) is 2. The fraction of sp³-hybridized carbons (Fsp3) is 0.333. The summed E-state index contributed by atoms with van der Waals surface area (Å²) in [7, 11) is 0. The fourth-order valence-corrected chi connectivity index (χ4v) is 2.37. The van der Waals surface area contributed by atoms with Crippen LogP contribution in [0, 0.1) is 17.4 Å². The zero-order valence-electron chi connectivity index (χ0n) is 11.7. The van der Waals surface area contributed by atoms with Crippen molar-refractivity contribution in [2.45, 2.75) is 19.8 Å². The molecule has 21 heavy (non-hydrogen) atoms. The molecule has 0 atom stereocenters. The van der Waals surface area contributed by atoms with Gasteiger partial charge in [0.05, 0.1) is 0 Å². The van der Waals surface area contributed by atoms with Gasteiger partial charge in [-0.25, -0.2) is 6.08 Å². The van der Waals surface area contributed by atoms with Gasteiger partial charge in [0.15, 0.2) is 6.61 Å². The summed E-state index contributed by atoms with van der Waals surface area (Å²) in [6.45, 7) is 2.48. The number of allylic oxidation sites excluding steroid dienone is 1. The molecule has 0 saturated heterocycles. The van der Waals surface area contributed by atoms with Crippen molar-refractivity contribution in [3.63, 3.8) is 0 Å². The summed E-state index contributed by atoms with van der Waals surface area (Å²) in [6.07, 6.45) is 4.30. The second-order valence-electron chi connectivity index (χ2n) is 4.25. The van der Waals surface area contributed by atoms with E-state index in [-0.39, 0.29) is 45.2 Å². The average molecular weight is 379 g/mol. The van der Waals surface area contributed by atoms with Crippen molar-refractivity contribution in [2.75, 3.05) is 13.2 Å². The van der Waals surface area contributed by atoms with Crippen molar-refractivity contribution in [3.05, 3.63) is 34.9 Å². The second kappa shape index (κ2) is 8.53. The maximum atomic E-state index is 11.9. The Balaban J connectivity index is 0.00000220. The third-order valence-corrected chi connectivity index (χ3v) is 3.33. The smallest absolute Gasteiger partial charge is 0.223 e. The van der Waals surface area contributed by atoms with Crippen LogP contribution in [0.15, 0.2) is 18.2 Å². The number of rotatable bonds is 4. The first-order chi connectivity index (χ1) is 9.67. The molecule has 0 spiro atoms. The van der Waals surface area contributed by atoms with E-state index in [1.807, 2.05) is 13.0 Å². The van der Waals surface area contributed by atoms with Crippen molar-refractivity contribution in [1.29, 1.82) is 5.26 Å². The van der Waals surface area contributed by atoms with Crippen LogP contribution in [-0.4, -0.2) is 24.0 Å². The molecule has 0 fully saturated rings. The van der Waals surface area contributed by atoms with E-state index in [9.17, 15) is 4.79 Å². The van der Waals surface area contributed by atoms with Crippen LogP contribution >= 0.6 is 11.6 Å². The second-order valence-corrected chi connectivity index (χ2v) is 4.66. The molecule has 1 aromatic rings. The van der Waals surface area contributed by atoms with Gasteiger partial charge in [0, 0.05) is 45.7 Å². The third-order valence-electron chi connectivity index (χ3n) is 3.02. The first-order valence-electron chi connectivity index (χ1n) is 6.38. The Morgan fingerprint density at radius 1 is 1.52 bits per heavy atom. The van der Waals surface area contributed by atoms with E-state index in [1.54, 1.807) is 23.1 Å². The van der Waals surface area contributed by atoms with Crippen LogP contribution in [0.4, 0.5) is 0 Å². The van der Waals surface area contributed by atoms with E-state index >= 15 is 0 Å². The molecule has 0 saturated carbocycles. The quantitative estimate of drug-likeness (QED) is 0.757. The van der Waals surface area contributed by atoms with Crippen LogP contribution < -0.4 is 4.74 Å². The number of carbonyl (C=O) groups excluding carboxylic acids is 1. The number of hydrogen-bond donors (Lipinski definition) is 0. The Labute approximate surface area is 154 Å². The van der Waals surface area contributed by atoms with Gasteiger partial charge in [0.2, 0.25) is 5.91 Å². The molecule has 0 aromatic heterocycles. The first-order valence-corrected chi connectivity index (χ1v) is 6.76. The van der Waals surface area contributed by atoms with Crippen molar-refractivity contribution in [1.82, 2.24) is 4.90 Å². The van der Waals surface area contributed by atoms with E-state index in [0.717, 1.165) is 11.3 Å². The molecule has 1 aliphatic heterocycles. The minimum Gasteiger partial charge on any atom is -0.479 e. The maximum absolute atomic E-state index is 11.9. The zero-order valence-corrected chi connectivity index (χ0v) is 15.3. The zero-order chi connectivity index (χ0) is 14.5. The van der Waals surface area contributed by atoms with Gasteiger partial charge >= 0.3 is 0 Å². The van der Waals surface area contributed by atoms with Crippen LogP contribution in [0.5, 0.6) is 5.75 Å². The van der Waals surface area contributed by atoms with Crippen molar-refractivity contribution in [2.24, 2.45) is 0 Å². The SMILES string of the molecule is CCN1C(=O)CC[C-]=C1c1ccc(OCC#N)cc1Cl.[Y]. The molecule has 0 N–H and O–H groups in total. The largest absolute Gasteiger partial charge is 0.479 e. The van der Waals surface area contributed by atoms with E-state index in [0.29, 0.717) is 30.2 Å². The van der Waals surface area contributed by atoms with Crippen LogP contribution in [0.2, 0.25) is 5.02 Å². The molecule has 4 nitrogen and oxygen atoms in total. The predicted octanol–water partition coefficient (Wildman–Crippen LogP) is 3.03. The Hall–Kier alpha value is -0.886. The van der Waals surface area contributed by atoms with Crippen LogP contribution in [0.1, 0.15) is 25.3 Å². The number of amides is 1. The van der Waals surface area contributed by atoms with Crippen LogP contribution in [-0.2, 0) is 37.5 Å². The molecule has 1 aromatic carbocycles. The number of nitriles is 1. The van der Waals surface area contributed by atoms with Gasteiger partial charge in [-0.1, -0.05) is 0 Å². The van der Waals surface area contributed by atoms with E-state index < -0.39 is 0 Å². The van der Waals surface area contributed by atoms with E-state index in [1.165, 1.54) is 0 Å². The van der Waals surface area contributed by atoms with Gasteiger partial charge in [0.1, 0.15) is 11.8 Å². The topological polar surface area (TPSA) is 53.3 Å². The third kappa shape index (κ3) is 4.29. The van der Waals surface area contributed by atoms with E-state index in [4.69, 9.17) is 21.6 Å². The predicted molar refractivity (Wildman–Crippen MR) is 75.8 cm³/mol. The number of hydrogen-bond acceptors (Lipinski definition) is 3. The van der Waals surface area contributed by atoms with E-state index in [2.05, 4.69) is 6.08 Å². The summed E-state index contributed by atoms with van der Waals surface area (Å²) >= 11 is 6.25. The molecule has 1 amide bonds. The Kier molecular flexibility index (Phi) is 7.38. The summed E-state index contributed by atoms with van der Waals surface area (Å²) in [5.41, 5.74) is 1.48. The Morgan fingerprint density at radius 3 is 2.90 bits per heavy atom. The molecule has 1 heterocycles. The van der Waals surface area contributed by atoms with Crippen molar-refractivity contribution in [3.8, 4) is 11.8 Å². The summed E-state index contributed by atoms with van der Waals surface area (Å²) in [4.78, 5) is 13.6. The molecular weight excluding hydrogens is 365 g/mol. The Bertz CT molecular complexity index is 596. The number of carbonyl (C=O) groups is 1. The Morgan fingerprint density at radius 2 is 2.29 bits per heavy atom. The molecule has 0 bridgehead atoms. The summed E-state index contributed by atoms with van der Waals surface area (Å²) < 4.78 is 5.20. The van der Waals surface area contributed by atoms with Gasteiger partial charge < -0.3 is 9.64 Å². The monoisotopic (exact) mass is 378 g/mol. The van der Waals surface area contributed by atoms with Crippen LogP contribution in [0.3, 0.4) is 0 Å². The fourth-order valence-electron chi connectivity index (χ4n) is 2.11. The molecule has 1 aliphatic rings. The van der Waals surface area contributed by atoms with Gasteiger partial charge in [-0.15, -0.1) is 35.3 Å². The molecule has 6 heteroatoms. The van der Waals surface area contributed by atoms with Gasteiger partial charge in [-0.05, 0) is 24.1 Å². The normalized spacial score (nSPS) is 14.0. The average Bonchev–Trinajstić information content (AvgIpc) is 2.45. The van der Waals surface area contributed by atoms with Gasteiger partial charge in [-0.2, -0.15) is 5.26 Å². The number of ether oxygens (including phenoxy) is 1. The van der Waals surface area contributed by atoms with Crippen molar-refractivity contribution < 1.29 is 42.2 Å². The summed E-state index contributed by atoms with van der Waals surface area (Å²) in [6, 6.07) is 7.08. The molecule has 107 valence electrons. The maximum Gasteiger partial charge on any atom is 0.223 e. The summed E-state index contributed by atoms with van der Waals surface area (Å²) in [5, 5.41) is 8.97. The molecule has 0 aliphatic carbocycles. The molecular formula is C15H14ClN2O2Y-. The van der Waals surface area contributed by atoms with Crippen molar-refractivity contribution >= 4 is 23.2 Å². The number of benzene rings is 1. The minimum absolute atomic E-state index is 0. The number of halogens is 1.